The van der Waals surface area contributed by atoms with Crippen molar-refractivity contribution in [3.05, 3.63) is 35.9 Å². The van der Waals surface area contributed by atoms with Gasteiger partial charge in [-0.05, 0) is 18.7 Å². The first-order valence-electron chi connectivity index (χ1n) is 4.57. The van der Waals surface area contributed by atoms with E-state index in [1.807, 2.05) is 50.6 Å². The first kappa shape index (κ1) is 12.2. The van der Waals surface area contributed by atoms with Gasteiger partial charge in [0, 0.05) is 7.05 Å². The Hall–Kier alpha value is -0.870. The summed E-state index contributed by atoms with van der Waals surface area (Å²) in [7, 11) is 1.87. The van der Waals surface area contributed by atoms with E-state index in [1.165, 1.54) is 11.8 Å². The molecule has 0 heterocycles. The van der Waals surface area contributed by atoms with Crippen LogP contribution in [0.2, 0.25) is 0 Å². The van der Waals surface area contributed by atoms with E-state index in [4.69, 9.17) is 12.2 Å². The maximum absolute atomic E-state index is 5.13. The fourth-order valence-electron chi connectivity index (χ4n) is 1.14. The molecular weight excluding hydrogens is 224 g/mol. The lowest BCUT2D eigenvalue weighted by Crippen LogP contribution is -2.17. The number of thioether (sulfide) groups is 1. The van der Waals surface area contributed by atoms with Crippen molar-refractivity contribution in [1.82, 2.24) is 5.01 Å². The molecule has 0 saturated heterocycles. The third-order valence-corrected chi connectivity index (χ3v) is 3.31. The molecule has 4 heteroatoms. The molecule has 0 amide bonds. The number of benzene rings is 1. The van der Waals surface area contributed by atoms with Crippen molar-refractivity contribution in [3.8, 4) is 0 Å². The third-order valence-electron chi connectivity index (χ3n) is 1.93. The summed E-state index contributed by atoms with van der Waals surface area (Å²) in [5, 5.41) is 6.13. The van der Waals surface area contributed by atoms with Gasteiger partial charge in [-0.2, -0.15) is 5.10 Å². The molecule has 0 atom stereocenters. The van der Waals surface area contributed by atoms with E-state index in [0.29, 0.717) is 0 Å². The minimum atomic E-state index is 0.769. The monoisotopic (exact) mass is 238 g/mol. The van der Waals surface area contributed by atoms with E-state index in [2.05, 4.69) is 5.10 Å². The lowest BCUT2D eigenvalue weighted by atomic mass is 10.1. The lowest BCUT2D eigenvalue weighted by Gasteiger charge is -2.13. The molecule has 1 aromatic rings. The van der Waals surface area contributed by atoms with E-state index in [1.54, 1.807) is 5.01 Å². The summed E-state index contributed by atoms with van der Waals surface area (Å²) in [6.07, 6.45) is 1.95. The molecule has 2 nitrogen and oxygen atoms in total. The molecule has 0 unspecified atom stereocenters. The fourth-order valence-corrected chi connectivity index (χ4v) is 1.48. The first-order chi connectivity index (χ1) is 7.15. The van der Waals surface area contributed by atoms with Gasteiger partial charge in [0.15, 0.2) is 4.32 Å². The summed E-state index contributed by atoms with van der Waals surface area (Å²) < 4.78 is 0.769. The molecule has 0 N–H and O–H groups in total. The second kappa shape index (κ2) is 5.88. The van der Waals surface area contributed by atoms with Gasteiger partial charge in [-0.15, -0.1) is 0 Å². The van der Waals surface area contributed by atoms with Gasteiger partial charge in [0.25, 0.3) is 0 Å². The number of hydrogen-bond donors (Lipinski definition) is 0. The number of hydrazone groups is 1. The number of nitrogens with zero attached hydrogens (tertiary/aromatic N) is 2. The van der Waals surface area contributed by atoms with E-state index in [-0.39, 0.29) is 0 Å². The molecule has 1 rings (SSSR count). The number of rotatable bonds is 2. The van der Waals surface area contributed by atoms with Crippen molar-refractivity contribution in [3.63, 3.8) is 0 Å². The Morgan fingerprint density at radius 3 is 2.47 bits per heavy atom. The molecule has 0 aromatic heterocycles. The molecule has 1 aromatic carbocycles. The fraction of sp³-hybridized carbons (Fsp3) is 0.273. The second-order valence-corrected chi connectivity index (χ2v) is 4.49. The zero-order valence-corrected chi connectivity index (χ0v) is 10.7. The van der Waals surface area contributed by atoms with Crippen LogP contribution >= 0.6 is 24.0 Å². The molecule has 0 aliphatic carbocycles. The SMILES string of the molecule is CSC(=S)N(C)/N=C(/C)c1ccccc1. The van der Waals surface area contributed by atoms with Crippen LogP contribution in [0.3, 0.4) is 0 Å². The number of thiocarbonyl (C=S) groups is 1. The highest BCUT2D eigenvalue weighted by Gasteiger charge is 2.02. The van der Waals surface area contributed by atoms with Gasteiger partial charge < -0.3 is 0 Å². The van der Waals surface area contributed by atoms with Gasteiger partial charge in [0.05, 0.1) is 5.71 Å². The van der Waals surface area contributed by atoms with Crippen LogP contribution in [-0.2, 0) is 0 Å². The van der Waals surface area contributed by atoms with Gasteiger partial charge in [0.2, 0.25) is 0 Å². The Labute approximate surface area is 100 Å². The van der Waals surface area contributed by atoms with Crippen molar-refractivity contribution in [1.29, 1.82) is 0 Å². The largest absolute Gasteiger partial charge is 0.252 e. The van der Waals surface area contributed by atoms with Crippen molar-refractivity contribution >= 4 is 34.0 Å². The molecule has 0 spiro atoms. The quantitative estimate of drug-likeness (QED) is 0.447. The second-order valence-electron chi connectivity index (χ2n) is 3.05. The summed E-state index contributed by atoms with van der Waals surface area (Å²) >= 11 is 6.65. The molecule has 0 radical (unpaired) electrons. The molecule has 0 aliphatic rings. The van der Waals surface area contributed by atoms with Gasteiger partial charge in [-0.1, -0.05) is 54.3 Å². The summed E-state index contributed by atoms with van der Waals surface area (Å²) in [6.45, 7) is 1.98. The van der Waals surface area contributed by atoms with E-state index in [9.17, 15) is 0 Å². The van der Waals surface area contributed by atoms with Crippen LogP contribution in [0.25, 0.3) is 0 Å². The Bertz CT molecular complexity index is 360. The van der Waals surface area contributed by atoms with Crippen molar-refractivity contribution in [2.75, 3.05) is 13.3 Å². The Morgan fingerprint density at radius 1 is 1.33 bits per heavy atom. The Morgan fingerprint density at radius 2 is 1.93 bits per heavy atom. The average molecular weight is 238 g/mol. The summed E-state index contributed by atoms with van der Waals surface area (Å²) in [6, 6.07) is 10.1. The van der Waals surface area contributed by atoms with Crippen LogP contribution in [0.4, 0.5) is 0 Å². The highest BCUT2D eigenvalue weighted by Crippen LogP contribution is 2.06. The number of hydrogen-bond acceptors (Lipinski definition) is 3. The molecule has 0 fully saturated rings. The van der Waals surface area contributed by atoms with E-state index in [0.717, 1.165) is 15.6 Å². The highest BCUT2D eigenvalue weighted by atomic mass is 32.2. The van der Waals surface area contributed by atoms with Gasteiger partial charge >= 0.3 is 0 Å². The molecule has 0 saturated carbocycles. The molecule has 80 valence electrons. The van der Waals surface area contributed by atoms with Crippen LogP contribution in [0.15, 0.2) is 35.4 Å². The minimum absolute atomic E-state index is 0.769. The van der Waals surface area contributed by atoms with Gasteiger partial charge in [-0.25, -0.2) is 0 Å². The zero-order chi connectivity index (χ0) is 11.3. The first-order valence-corrected chi connectivity index (χ1v) is 6.20. The molecule has 0 aliphatic heterocycles. The van der Waals surface area contributed by atoms with Crippen LogP contribution in [0.5, 0.6) is 0 Å². The van der Waals surface area contributed by atoms with Crippen LogP contribution in [0.1, 0.15) is 12.5 Å². The minimum Gasteiger partial charge on any atom is -0.252 e. The smallest absolute Gasteiger partial charge is 0.156 e. The van der Waals surface area contributed by atoms with Crippen LogP contribution in [-0.4, -0.2) is 28.3 Å². The lowest BCUT2D eigenvalue weighted by molar-refractivity contribution is 0.565. The van der Waals surface area contributed by atoms with Gasteiger partial charge in [0.1, 0.15) is 0 Å². The Balaban J connectivity index is 2.80. The molecule has 15 heavy (non-hydrogen) atoms. The summed E-state index contributed by atoms with van der Waals surface area (Å²) in [5.74, 6) is 0. The third kappa shape index (κ3) is 3.64. The van der Waals surface area contributed by atoms with Crippen LogP contribution in [0, 0.1) is 0 Å². The zero-order valence-electron chi connectivity index (χ0n) is 9.10. The molecule has 0 bridgehead atoms. The predicted octanol–water partition coefficient (Wildman–Crippen LogP) is 2.99. The topological polar surface area (TPSA) is 15.6 Å². The average Bonchev–Trinajstić information content (AvgIpc) is 2.29. The standard InChI is InChI=1S/C11H14N2S2/c1-9(10-7-5-4-6-8-10)12-13(2)11(14)15-3/h4-8H,1-3H3/b12-9-. The normalized spacial score (nSPS) is 11.3. The van der Waals surface area contributed by atoms with Crippen molar-refractivity contribution in [2.45, 2.75) is 6.92 Å². The van der Waals surface area contributed by atoms with Crippen molar-refractivity contribution in [2.24, 2.45) is 5.10 Å². The van der Waals surface area contributed by atoms with Crippen molar-refractivity contribution < 1.29 is 0 Å². The van der Waals surface area contributed by atoms with E-state index < -0.39 is 0 Å². The maximum Gasteiger partial charge on any atom is 0.156 e. The van der Waals surface area contributed by atoms with E-state index >= 15 is 0 Å². The highest BCUT2D eigenvalue weighted by molar-refractivity contribution is 8.22. The Kier molecular flexibility index (Phi) is 4.78. The maximum atomic E-state index is 5.13. The van der Waals surface area contributed by atoms with Crippen LogP contribution < -0.4 is 0 Å². The summed E-state index contributed by atoms with van der Waals surface area (Å²) in [5.41, 5.74) is 2.09. The predicted molar refractivity (Wildman–Crippen MR) is 72.5 cm³/mol. The summed E-state index contributed by atoms with van der Waals surface area (Å²) in [4.78, 5) is 0. The molecular formula is C11H14N2S2. The van der Waals surface area contributed by atoms with Gasteiger partial charge in [-0.3, -0.25) is 5.01 Å².